The molecule has 0 unspecified atom stereocenters. The predicted octanol–water partition coefficient (Wildman–Crippen LogP) is 3.14. The summed E-state index contributed by atoms with van der Waals surface area (Å²) in [5.41, 5.74) is 5.55. The lowest BCUT2D eigenvalue weighted by Gasteiger charge is -2.28. The zero-order chi connectivity index (χ0) is 22.9. The van der Waals surface area contributed by atoms with E-state index in [0.29, 0.717) is 12.4 Å². The molecule has 3 N–H and O–H groups in total. The second-order valence-electron chi connectivity index (χ2n) is 8.42. The number of imidazole rings is 1. The zero-order valence-electron chi connectivity index (χ0n) is 18.6. The highest BCUT2D eigenvalue weighted by Crippen LogP contribution is 2.34. The van der Waals surface area contributed by atoms with Crippen LogP contribution in [0.25, 0.3) is 16.9 Å². The molecule has 0 spiro atoms. The van der Waals surface area contributed by atoms with E-state index in [0.717, 1.165) is 60.3 Å². The van der Waals surface area contributed by atoms with Gasteiger partial charge in [0.15, 0.2) is 11.5 Å². The summed E-state index contributed by atoms with van der Waals surface area (Å²) in [6.45, 7) is 3.89. The maximum Gasteiger partial charge on any atom is 0.180 e. The third-order valence-corrected chi connectivity index (χ3v) is 6.17. The molecular weight excluding hydrogens is 432 g/mol. The Balaban J connectivity index is 1.29. The zero-order valence-corrected chi connectivity index (χ0v) is 18.6. The van der Waals surface area contributed by atoms with Crippen LogP contribution in [0, 0.1) is 0 Å². The molecule has 0 radical (unpaired) electrons. The van der Waals surface area contributed by atoms with Gasteiger partial charge in [0.1, 0.15) is 11.9 Å². The van der Waals surface area contributed by atoms with Crippen molar-refractivity contribution in [3.63, 3.8) is 0 Å². The first kappa shape index (κ1) is 20.8. The summed E-state index contributed by atoms with van der Waals surface area (Å²) in [7, 11) is 0. The van der Waals surface area contributed by atoms with Gasteiger partial charge in [-0.3, -0.25) is 0 Å². The Labute approximate surface area is 197 Å². The second kappa shape index (κ2) is 8.85. The van der Waals surface area contributed by atoms with E-state index in [-0.39, 0.29) is 12.7 Å². The lowest BCUT2D eigenvalue weighted by Crippen LogP contribution is -2.36. The van der Waals surface area contributed by atoms with Crippen LogP contribution in [0.15, 0.2) is 61.1 Å². The number of ether oxygens (including phenoxy) is 2. The molecule has 0 saturated carbocycles. The molecule has 2 aliphatic heterocycles. The van der Waals surface area contributed by atoms with Gasteiger partial charge in [-0.1, -0.05) is 0 Å². The minimum Gasteiger partial charge on any atom is -0.484 e. The fourth-order valence-corrected chi connectivity index (χ4v) is 4.35. The summed E-state index contributed by atoms with van der Waals surface area (Å²) in [5, 5.41) is 16.1. The molecule has 0 bridgehead atoms. The number of hydrogen-bond donors (Lipinski definition) is 3. The first-order valence-corrected chi connectivity index (χ1v) is 11.5. The number of rotatable bonds is 5. The summed E-state index contributed by atoms with van der Waals surface area (Å²) in [6, 6.07) is 14.3. The molecule has 2 aromatic carbocycles. The lowest BCUT2D eigenvalue weighted by molar-refractivity contribution is 0.120. The quantitative estimate of drug-likeness (QED) is 0.420. The van der Waals surface area contributed by atoms with E-state index in [1.165, 1.54) is 5.69 Å². The van der Waals surface area contributed by atoms with E-state index in [2.05, 4.69) is 44.8 Å². The van der Waals surface area contributed by atoms with Crippen molar-refractivity contribution in [1.29, 1.82) is 0 Å². The summed E-state index contributed by atoms with van der Waals surface area (Å²) < 4.78 is 13.2. The molecule has 4 heterocycles. The number of fused-ring (bicyclic) bond motifs is 2. The third-order valence-electron chi connectivity index (χ3n) is 6.17. The van der Waals surface area contributed by atoms with Gasteiger partial charge in [0.25, 0.3) is 0 Å². The molecule has 2 aromatic heterocycles. The van der Waals surface area contributed by atoms with Crippen molar-refractivity contribution in [2.24, 2.45) is 0 Å². The van der Waals surface area contributed by atoms with Crippen molar-refractivity contribution >= 4 is 28.5 Å². The van der Waals surface area contributed by atoms with Crippen molar-refractivity contribution < 1.29 is 14.6 Å². The highest BCUT2D eigenvalue weighted by molar-refractivity contribution is 5.76. The summed E-state index contributed by atoms with van der Waals surface area (Å²) in [6.07, 6.45) is 5.42. The number of aliphatic hydroxyl groups excluding tert-OH is 1. The van der Waals surface area contributed by atoms with Gasteiger partial charge in [-0.05, 0) is 42.5 Å². The number of aliphatic hydroxyl groups is 1. The molecule has 1 fully saturated rings. The van der Waals surface area contributed by atoms with Crippen LogP contribution in [0.5, 0.6) is 5.75 Å². The molecule has 9 heteroatoms. The first-order valence-electron chi connectivity index (χ1n) is 11.5. The number of benzene rings is 2. The van der Waals surface area contributed by atoms with Crippen LogP contribution in [0.4, 0.5) is 22.9 Å². The molecule has 4 aromatic rings. The molecule has 6 rings (SSSR count). The van der Waals surface area contributed by atoms with Gasteiger partial charge < -0.3 is 34.5 Å². The van der Waals surface area contributed by atoms with Gasteiger partial charge in [-0.2, -0.15) is 0 Å². The first-order chi connectivity index (χ1) is 16.8. The van der Waals surface area contributed by atoms with Crippen LogP contribution in [-0.4, -0.2) is 65.0 Å². The maximum absolute atomic E-state index is 9.36. The molecule has 2 aliphatic rings. The predicted molar refractivity (Wildman–Crippen MR) is 131 cm³/mol. The van der Waals surface area contributed by atoms with Crippen molar-refractivity contribution in [2.75, 3.05) is 55.0 Å². The van der Waals surface area contributed by atoms with Crippen molar-refractivity contribution in [3.05, 3.63) is 61.1 Å². The number of nitrogens with zero attached hydrogens (tertiary/aromatic N) is 4. The highest BCUT2D eigenvalue weighted by Gasteiger charge is 2.19. The summed E-state index contributed by atoms with van der Waals surface area (Å²) >= 11 is 0. The van der Waals surface area contributed by atoms with E-state index in [1.807, 2.05) is 35.0 Å². The minimum atomic E-state index is -0.232. The van der Waals surface area contributed by atoms with Gasteiger partial charge >= 0.3 is 0 Å². The topological polar surface area (TPSA) is 96.2 Å². The summed E-state index contributed by atoms with van der Waals surface area (Å²) in [5.74, 6) is 1.42. The second-order valence-corrected chi connectivity index (χ2v) is 8.42. The third kappa shape index (κ3) is 4.00. The van der Waals surface area contributed by atoms with E-state index in [1.54, 1.807) is 6.20 Å². The Bertz CT molecular complexity index is 1300. The molecular formula is C25H26N6O3. The number of hydrogen-bond acceptors (Lipinski definition) is 8. The Kier molecular flexibility index (Phi) is 5.40. The molecule has 34 heavy (non-hydrogen) atoms. The number of aromatic nitrogens is 3. The minimum absolute atomic E-state index is 0.0184. The van der Waals surface area contributed by atoms with Crippen LogP contribution >= 0.6 is 0 Å². The van der Waals surface area contributed by atoms with Crippen molar-refractivity contribution in [1.82, 2.24) is 14.4 Å². The van der Waals surface area contributed by atoms with Gasteiger partial charge in [0.2, 0.25) is 0 Å². The maximum atomic E-state index is 9.36. The summed E-state index contributed by atoms with van der Waals surface area (Å²) in [4.78, 5) is 11.7. The van der Waals surface area contributed by atoms with E-state index in [9.17, 15) is 5.11 Å². The lowest BCUT2D eigenvalue weighted by atomic mass is 10.1. The van der Waals surface area contributed by atoms with Crippen LogP contribution < -0.4 is 20.3 Å². The molecule has 1 atom stereocenters. The van der Waals surface area contributed by atoms with E-state index >= 15 is 0 Å². The number of nitrogens with one attached hydrogen (secondary N) is 2. The largest absolute Gasteiger partial charge is 0.484 e. The van der Waals surface area contributed by atoms with Gasteiger partial charge in [0.05, 0.1) is 37.7 Å². The standard InChI is InChI=1S/C25H26N6O3/c32-16-20-14-27-21-13-17(1-6-23(21)34-20)22-15-31-8-7-26-25(31)24(29-22)28-18-2-4-19(5-3-18)30-9-11-33-12-10-30/h1-8,13,15,20,27,32H,9-12,14,16H2,(H,28,29)/t20-/m1/s1. The Hall–Kier alpha value is -3.82. The molecule has 9 nitrogen and oxygen atoms in total. The Morgan fingerprint density at radius 1 is 1.12 bits per heavy atom. The Morgan fingerprint density at radius 2 is 1.97 bits per heavy atom. The van der Waals surface area contributed by atoms with Crippen molar-refractivity contribution in [3.8, 4) is 17.0 Å². The average molecular weight is 459 g/mol. The number of morpholine rings is 1. The molecule has 174 valence electrons. The van der Waals surface area contributed by atoms with Crippen LogP contribution in [0.1, 0.15) is 0 Å². The Morgan fingerprint density at radius 3 is 2.79 bits per heavy atom. The average Bonchev–Trinajstić information content (AvgIpc) is 3.38. The van der Waals surface area contributed by atoms with Crippen LogP contribution in [0.3, 0.4) is 0 Å². The molecule has 0 amide bonds. The van der Waals surface area contributed by atoms with Crippen LogP contribution in [0.2, 0.25) is 0 Å². The number of anilines is 4. The van der Waals surface area contributed by atoms with Gasteiger partial charge in [0, 0.05) is 48.6 Å². The van der Waals surface area contributed by atoms with Crippen molar-refractivity contribution in [2.45, 2.75) is 6.10 Å². The monoisotopic (exact) mass is 458 g/mol. The van der Waals surface area contributed by atoms with E-state index < -0.39 is 0 Å². The fraction of sp³-hybridized carbons (Fsp3) is 0.280. The highest BCUT2D eigenvalue weighted by atomic mass is 16.5. The van der Waals surface area contributed by atoms with E-state index in [4.69, 9.17) is 14.5 Å². The van der Waals surface area contributed by atoms with Gasteiger partial charge in [-0.15, -0.1) is 0 Å². The van der Waals surface area contributed by atoms with Crippen LogP contribution in [-0.2, 0) is 4.74 Å². The fourth-order valence-electron chi connectivity index (χ4n) is 4.35. The smallest absolute Gasteiger partial charge is 0.180 e. The van der Waals surface area contributed by atoms with Gasteiger partial charge in [-0.25, -0.2) is 9.97 Å². The SMILES string of the molecule is OC[C@H]1CNc2cc(-c3cn4ccnc4c(Nc4ccc(N5CCOCC5)cc4)n3)ccc2O1. The molecule has 1 saturated heterocycles. The normalized spacial score (nSPS) is 17.7. The molecule has 0 aliphatic carbocycles.